The number of hydrogen-bond donors (Lipinski definition) is 2. The molecule has 7 nitrogen and oxygen atoms in total. The highest BCUT2D eigenvalue weighted by molar-refractivity contribution is 6.06. The molecule has 3 aromatic rings. The normalized spacial score (nSPS) is 15.1. The lowest BCUT2D eigenvalue weighted by atomic mass is 9.94. The van der Waals surface area contributed by atoms with Crippen LogP contribution in [0.3, 0.4) is 0 Å². The van der Waals surface area contributed by atoms with E-state index in [1.54, 1.807) is 10.8 Å². The number of allylic oxidation sites excluding steroid dienone is 1. The lowest BCUT2D eigenvalue weighted by molar-refractivity contribution is -0.113. The molecule has 0 saturated carbocycles. The first-order chi connectivity index (χ1) is 15.0. The van der Waals surface area contributed by atoms with Gasteiger partial charge in [0.15, 0.2) is 0 Å². The van der Waals surface area contributed by atoms with Crippen LogP contribution in [0.1, 0.15) is 29.7 Å². The number of aromatic nitrogens is 3. The fraction of sp³-hybridized carbons (Fsp3) is 0.208. The van der Waals surface area contributed by atoms with Crippen molar-refractivity contribution >= 4 is 17.5 Å². The Balaban J connectivity index is 1.78. The van der Waals surface area contributed by atoms with Crippen molar-refractivity contribution in [1.29, 1.82) is 0 Å². The van der Waals surface area contributed by atoms with Crippen LogP contribution in [-0.4, -0.2) is 27.3 Å². The second kappa shape index (κ2) is 8.47. The van der Waals surface area contributed by atoms with Crippen LogP contribution >= 0.6 is 0 Å². The van der Waals surface area contributed by atoms with E-state index in [1.807, 2.05) is 63.2 Å². The molecule has 31 heavy (non-hydrogen) atoms. The Morgan fingerprint density at radius 3 is 2.84 bits per heavy atom. The summed E-state index contributed by atoms with van der Waals surface area (Å²) in [4.78, 5) is 17.8. The molecular weight excluding hydrogens is 390 g/mol. The number of rotatable bonds is 6. The molecule has 2 aromatic carbocycles. The average Bonchev–Trinajstić information content (AvgIpc) is 3.21. The van der Waals surface area contributed by atoms with Crippen molar-refractivity contribution in [3.63, 3.8) is 0 Å². The number of hydrogen-bond acceptors (Lipinski definition) is 5. The summed E-state index contributed by atoms with van der Waals surface area (Å²) in [5, 5.41) is 10.7. The number of nitrogens with zero attached hydrogens (tertiary/aromatic N) is 3. The van der Waals surface area contributed by atoms with Crippen molar-refractivity contribution < 1.29 is 9.53 Å². The number of para-hydroxylation sites is 1. The quantitative estimate of drug-likeness (QED) is 0.584. The molecule has 0 saturated heterocycles. The van der Waals surface area contributed by atoms with Crippen molar-refractivity contribution in [1.82, 2.24) is 14.8 Å². The molecule has 2 N–H and O–H groups in total. The van der Waals surface area contributed by atoms with Gasteiger partial charge in [0, 0.05) is 16.9 Å². The van der Waals surface area contributed by atoms with Crippen LogP contribution in [0.25, 0.3) is 0 Å². The maximum absolute atomic E-state index is 13.5. The largest absolute Gasteiger partial charge is 0.489 e. The van der Waals surface area contributed by atoms with Gasteiger partial charge in [0.2, 0.25) is 5.95 Å². The third-order valence-corrected chi connectivity index (χ3v) is 5.24. The van der Waals surface area contributed by atoms with E-state index in [0.717, 1.165) is 22.4 Å². The average molecular weight is 415 g/mol. The molecule has 158 valence electrons. The Labute approximate surface area is 181 Å². The van der Waals surface area contributed by atoms with Crippen molar-refractivity contribution in [2.75, 3.05) is 17.2 Å². The summed E-state index contributed by atoms with van der Waals surface area (Å²) in [7, 11) is 0. The Kier molecular flexibility index (Phi) is 5.58. The van der Waals surface area contributed by atoms with E-state index in [1.165, 1.54) is 6.33 Å². The fourth-order valence-electron chi connectivity index (χ4n) is 3.80. The summed E-state index contributed by atoms with van der Waals surface area (Å²) in [5.41, 5.74) is 5.00. The van der Waals surface area contributed by atoms with Crippen LogP contribution < -0.4 is 15.4 Å². The van der Waals surface area contributed by atoms with Crippen LogP contribution in [0.2, 0.25) is 0 Å². The Bertz CT molecular complexity index is 1180. The van der Waals surface area contributed by atoms with E-state index in [4.69, 9.17) is 4.74 Å². The third-order valence-electron chi connectivity index (χ3n) is 5.24. The van der Waals surface area contributed by atoms with Gasteiger partial charge in [0.05, 0.1) is 5.57 Å². The minimum absolute atomic E-state index is 0.207. The highest BCUT2D eigenvalue weighted by Gasteiger charge is 2.35. The number of amides is 1. The minimum atomic E-state index is -0.495. The first kappa shape index (κ1) is 20.4. The van der Waals surface area contributed by atoms with E-state index in [-0.39, 0.29) is 5.91 Å². The number of fused-ring (bicyclic) bond motifs is 1. The summed E-state index contributed by atoms with van der Waals surface area (Å²) < 4.78 is 7.60. The molecule has 1 aliphatic heterocycles. The molecule has 1 atom stereocenters. The lowest BCUT2D eigenvalue weighted by Crippen LogP contribution is -2.32. The monoisotopic (exact) mass is 415 g/mol. The van der Waals surface area contributed by atoms with Crippen molar-refractivity contribution in [3.8, 4) is 5.75 Å². The Hall–Kier alpha value is -3.87. The van der Waals surface area contributed by atoms with Gasteiger partial charge in [-0.1, -0.05) is 48.6 Å². The summed E-state index contributed by atoms with van der Waals surface area (Å²) in [6.45, 7) is 9.96. The second-order valence-corrected chi connectivity index (χ2v) is 7.50. The zero-order valence-electron chi connectivity index (χ0n) is 17.8. The van der Waals surface area contributed by atoms with E-state index < -0.39 is 6.04 Å². The molecule has 0 spiro atoms. The number of aryl methyl sites for hydroxylation is 2. The number of carbonyl (C=O) groups excluding carboxylic acids is 1. The van der Waals surface area contributed by atoms with E-state index >= 15 is 0 Å². The molecule has 1 amide bonds. The van der Waals surface area contributed by atoms with Crippen LogP contribution in [0.4, 0.5) is 11.6 Å². The first-order valence-corrected chi connectivity index (χ1v) is 10.1. The van der Waals surface area contributed by atoms with Gasteiger partial charge in [-0.05, 0) is 38.5 Å². The van der Waals surface area contributed by atoms with Gasteiger partial charge in [0.25, 0.3) is 5.91 Å². The first-order valence-electron chi connectivity index (χ1n) is 10.1. The molecule has 0 aliphatic carbocycles. The van der Waals surface area contributed by atoms with Crippen molar-refractivity contribution in [3.05, 3.63) is 89.4 Å². The van der Waals surface area contributed by atoms with E-state index in [2.05, 4.69) is 27.3 Å². The van der Waals surface area contributed by atoms with Gasteiger partial charge in [-0.25, -0.2) is 4.68 Å². The number of benzene rings is 2. The predicted molar refractivity (Wildman–Crippen MR) is 121 cm³/mol. The molecule has 7 heteroatoms. The zero-order valence-corrected chi connectivity index (χ0v) is 17.8. The molecule has 0 fully saturated rings. The summed E-state index contributed by atoms with van der Waals surface area (Å²) in [6.07, 6.45) is 3.16. The zero-order chi connectivity index (χ0) is 22.0. The smallest absolute Gasteiger partial charge is 0.255 e. The molecule has 1 aromatic heterocycles. The summed E-state index contributed by atoms with van der Waals surface area (Å²) in [6, 6.07) is 13.1. The number of carbonyl (C=O) groups is 1. The van der Waals surface area contributed by atoms with Gasteiger partial charge in [0.1, 0.15) is 24.7 Å². The SMILES string of the molecule is C=CCOc1ccccc1[C@@H]1C(C(=O)Nc2ccc(C)cc2C)=C(C)Nc2ncnn21. The molecule has 0 bridgehead atoms. The number of nitrogens with one attached hydrogen (secondary N) is 2. The minimum Gasteiger partial charge on any atom is -0.489 e. The van der Waals surface area contributed by atoms with Gasteiger partial charge >= 0.3 is 0 Å². The van der Waals surface area contributed by atoms with E-state index in [0.29, 0.717) is 29.6 Å². The van der Waals surface area contributed by atoms with Crippen LogP contribution in [0.5, 0.6) is 5.75 Å². The second-order valence-electron chi connectivity index (χ2n) is 7.50. The molecular formula is C24H25N5O2. The highest BCUT2D eigenvalue weighted by atomic mass is 16.5. The maximum atomic E-state index is 13.5. The molecule has 0 unspecified atom stereocenters. The van der Waals surface area contributed by atoms with Crippen LogP contribution in [-0.2, 0) is 4.79 Å². The van der Waals surface area contributed by atoms with Crippen LogP contribution in [0, 0.1) is 13.8 Å². The predicted octanol–water partition coefficient (Wildman–Crippen LogP) is 4.39. The molecule has 0 radical (unpaired) electrons. The fourth-order valence-corrected chi connectivity index (χ4v) is 3.80. The topological polar surface area (TPSA) is 81.1 Å². The maximum Gasteiger partial charge on any atom is 0.255 e. The van der Waals surface area contributed by atoms with Crippen molar-refractivity contribution in [2.45, 2.75) is 26.8 Å². The molecule has 1 aliphatic rings. The molecule has 2 heterocycles. The standard InChI is InChI=1S/C24H25N5O2/c1-5-12-31-20-9-7-6-8-18(20)22-21(17(4)27-24-25-14-26-29(22)24)23(30)28-19-11-10-15(2)13-16(19)3/h5-11,13-14,22H,1,12H2,2-4H3,(H,28,30)(H,25,26,27)/t22-/m1/s1. The van der Waals surface area contributed by atoms with Gasteiger partial charge in [-0.2, -0.15) is 10.1 Å². The number of anilines is 2. The molecule has 4 rings (SSSR count). The highest BCUT2D eigenvalue weighted by Crippen LogP contribution is 2.39. The Morgan fingerprint density at radius 1 is 1.26 bits per heavy atom. The van der Waals surface area contributed by atoms with Crippen LogP contribution in [0.15, 0.2) is 72.7 Å². The lowest BCUT2D eigenvalue weighted by Gasteiger charge is -2.29. The summed E-state index contributed by atoms with van der Waals surface area (Å²) in [5.74, 6) is 1.03. The van der Waals surface area contributed by atoms with E-state index in [9.17, 15) is 4.79 Å². The third kappa shape index (κ3) is 3.94. The van der Waals surface area contributed by atoms with Gasteiger partial charge < -0.3 is 15.4 Å². The van der Waals surface area contributed by atoms with Gasteiger partial charge in [-0.15, -0.1) is 0 Å². The Morgan fingerprint density at radius 2 is 2.06 bits per heavy atom. The summed E-state index contributed by atoms with van der Waals surface area (Å²) >= 11 is 0. The van der Waals surface area contributed by atoms with Gasteiger partial charge in [-0.3, -0.25) is 4.79 Å². The van der Waals surface area contributed by atoms with Crippen molar-refractivity contribution in [2.24, 2.45) is 0 Å². The number of ether oxygens (including phenoxy) is 1.